The van der Waals surface area contributed by atoms with Gasteiger partial charge in [-0.25, -0.2) is 0 Å². The van der Waals surface area contributed by atoms with E-state index in [9.17, 15) is 9.90 Å². The van der Waals surface area contributed by atoms with E-state index in [0.717, 1.165) is 30.2 Å². The molecule has 1 N–H and O–H groups in total. The topological polar surface area (TPSA) is 45.5 Å². The smallest absolute Gasteiger partial charge is 0.242 e. The van der Waals surface area contributed by atoms with Gasteiger partial charge in [0, 0.05) is 31.2 Å². The van der Waals surface area contributed by atoms with Crippen molar-refractivity contribution in [3.05, 3.63) is 36.5 Å². The summed E-state index contributed by atoms with van der Waals surface area (Å²) < 4.78 is 1.99. The lowest BCUT2D eigenvalue weighted by atomic mass is 10.1. The van der Waals surface area contributed by atoms with Crippen molar-refractivity contribution in [1.29, 1.82) is 0 Å². The summed E-state index contributed by atoms with van der Waals surface area (Å²) in [5.41, 5.74) is 1.08. The fraction of sp³-hybridized carbons (Fsp3) is 0.471. The van der Waals surface area contributed by atoms with E-state index in [-0.39, 0.29) is 17.9 Å². The summed E-state index contributed by atoms with van der Waals surface area (Å²) >= 11 is 0. The van der Waals surface area contributed by atoms with Crippen molar-refractivity contribution in [3.8, 4) is 0 Å². The maximum atomic E-state index is 12.4. The first-order valence-electron chi connectivity index (χ1n) is 7.61. The van der Waals surface area contributed by atoms with Crippen molar-refractivity contribution >= 4 is 16.8 Å². The molecule has 2 unspecified atom stereocenters. The SMILES string of the molecule is CN(CC1CCCC1O)C(=O)Cn1ccc2ccccc21. The van der Waals surface area contributed by atoms with Crippen LogP contribution in [0.4, 0.5) is 0 Å². The number of benzene rings is 1. The largest absolute Gasteiger partial charge is 0.393 e. The molecule has 1 heterocycles. The Kier molecular flexibility index (Phi) is 3.97. The second-order valence-electron chi connectivity index (χ2n) is 6.04. The summed E-state index contributed by atoms with van der Waals surface area (Å²) in [6.45, 7) is 1.01. The number of aromatic nitrogens is 1. The Morgan fingerprint density at radius 1 is 1.33 bits per heavy atom. The highest BCUT2D eigenvalue weighted by molar-refractivity contribution is 5.83. The lowest BCUT2D eigenvalue weighted by molar-refractivity contribution is -0.131. The van der Waals surface area contributed by atoms with Gasteiger partial charge >= 0.3 is 0 Å². The van der Waals surface area contributed by atoms with Crippen LogP contribution in [0.15, 0.2) is 36.5 Å². The first-order valence-corrected chi connectivity index (χ1v) is 7.61. The molecule has 1 aromatic carbocycles. The van der Waals surface area contributed by atoms with Crippen molar-refractivity contribution in [3.63, 3.8) is 0 Å². The van der Waals surface area contributed by atoms with Crippen molar-refractivity contribution in [1.82, 2.24) is 9.47 Å². The quantitative estimate of drug-likeness (QED) is 0.937. The van der Waals surface area contributed by atoms with Gasteiger partial charge in [-0.15, -0.1) is 0 Å². The van der Waals surface area contributed by atoms with Gasteiger partial charge in [-0.3, -0.25) is 4.79 Å². The summed E-state index contributed by atoms with van der Waals surface area (Å²) in [5.74, 6) is 0.329. The molecule has 1 amide bonds. The molecule has 0 bridgehead atoms. The Balaban J connectivity index is 1.65. The molecule has 1 saturated carbocycles. The standard InChI is InChI=1S/C17H22N2O2/c1-18(11-14-6-4-8-16(14)20)17(21)12-19-10-9-13-5-2-3-7-15(13)19/h2-3,5,7,9-10,14,16,20H,4,6,8,11-12H2,1H3. The maximum Gasteiger partial charge on any atom is 0.242 e. The van der Waals surface area contributed by atoms with Crippen LogP contribution in [0, 0.1) is 5.92 Å². The number of aliphatic hydroxyl groups is 1. The Morgan fingerprint density at radius 2 is 2.14 bits per heavy atom. The van der Waals surface area contributed by atoms with Crippen LogP contribution < -0.4 is 0 Å². The molecule has 2 atom stereocenters. The number of carbonyl (C=O) groups is 1. The molecule has 4 heteroatoms. The van der Waals surface area contributed by atoms with Gasteiger partial charge in [0.1, 0.15) is 6.54 Å². The molecular formula is C17H22N2O2. The van der Waals surface area contributed by atoms with E-state index in [0.29, 0.717) is 13.1 Å². The number of nitrogens with zero attached hydrogens (tertiary/aromatic N) is 2. The molecule has 4 nitrogen and oxygen atoms in total. The number of hydrogen-bond acceptors (Lipinski definition) is 2. The second kappa shape index (κ2) is 5.90. The second-order valence-corrected chi connectivity index (χ2v) is 6.04. The van der Waals surface area contributed by atoms with E-state index < -0.39 is 0 Å². The summed E-state index contributed by atoms with van der Waals surface area (Å²) in [7, 11) is 1.83. The molecule has 21 heavy (non-hydrogen) atoms. The number of carbonyl (C=O) groups excluding carboxylic acids is 1. The highest BCUT2D eigenvalue weighted by Gasteiger charge is 2.27. The van der Waals surface area contributed by atoms with E-state index in [1.54, 1.807) is 4.90 Å². The van der Waals surface area contributed by atoms with Crippen molar-refractivity contribution in [2.24, 2.45) is 5.92 Å². The fourth-order valence-electron chi connectivity index (χ4n) is 3.23. The number of para-hydroxylation sites is 1. The molecule has 0 spiro atoms. The number of amides is 1. The number of aliphatic hydroxyl groups excluding tert-OH is 1. The van der Waals surface area contributed by atoms with Gasteiger partial charge in [0.05, 0.1) is 6.10 Å². The Hall–Kier alpha value is -1.81. The van der Waals surface area contributed by atoms with Crippen LogP contribution in [0.2, 0.25) is 0 Å². The van der Waals surface area contributed by atoms with Crippen LogP contribution >= 0.6 is 0 Å². The van der Waals surface area contributed by atoms with Gasteiger partial charge in [-0.05, 0) is 30.4 Å². The molecule has 3 rings (SSSR count). The monoisotopic (exact) mass is 286 g/mol. The average molecular weight is 286 g/mol. The zero-order valence-electron chi connectivity index (χ0n) is 12.4. The zero-order chi connectivity index (χ0) is 14.8. The minimum Gasteiger partial charge on any atom is -0.393 e. The molecule has 0 saturated heterocycles. The zero-order valence-corrected chi connectivity index (χ0v) is 12.4. The summed E-state index contributed by atoms with van der Waals surface area (Å²) in [5, 5.41) is 11.0. The lowest BCUT2D eigenvalue weighted by Gasteiger charge is -2.23. The highest BCUT2D eigenvalue weighted by atomic mass is 16.3. The van der Waals surface area contributed by atoms with Crippen molar-refractivity contribution in [2.75, 3.05) is 13.6 Å². The molecule has 0 aliphatic heterocycles. The number of likely N-dealkylation sites (N-methyl/N-ethyl adjacent to an activating group) is 1. The van der Waals surface area contributed by atoms with Crippen LogP contribution in [0.3, 0.4) is 0 Å². The van der Waals surface area contributed by atoms with Gasteiger partial charge < -0.3 is 14.6 Å². The molecule has 0 radical (unpaired) electrons. The maximum absolute atomic E-state index is 12.4. The van der Waals surface area contributed by atoms with Gasteiger partial charge in [-0.1, -0.05) is 24.6 Å². The van der Waals surface area contributed by atoms with E-state index >= 15 is 0 Å². The van der Waals surface area contributed by atoms with E-state index in [2.05, 4.69) is 6.07 Å². The van der Waals surface area contributed by atoms with E-state index in [4.69, 9.17) is 0 Å². The summed E-state index contributed by atoms with van der Waals surface area (Å²) in [4.78, 5) is 14.1. The molecular weight excluding hydrogens is 264 g/mol. The normalized spacial score (nSPS) is 21.8. The van der Waals surface area contributed by atoms with Gasteiger partial charge in [0.25, 0.3) is 0 Å². The summed E-state index contributed by atoms with van der Waals surface area (Å²) in [6, 6.07) is 10.1. The number of hydrogen-bond donors (Lipinski definition) is 1. The number of fused-ring (bicyclic) bond motifs is 1. The van der Waals surface area contributed by atoms with Crippen LogP contribution in [0.5, 0.6) is 0 Å². The fourth-order valence-corrected chi connectivity index (χ4v) is 3.23. The Morgan fingerprint density at radius 3 is 2.90 bits per heavy atom. The third-order valence-corrected chi connectivity index (χ3v) is 4.54. The minimum absolute atomic E-state index is 0.0930. The van der Waals surface area contributed by atoms with Crippen molar-refractivity contribution < 1.29 is 9.90 Å². The number of rotatable bonds is 4. The lowest BCUT2D eigenvalue weighted by Crippen LogP contribution is -2.36. The molecule has 1 aliphatic rings. The van der Waals surface area contributed by atoms with Gasteiger partial charge in [0.2, 0.25) is 5.91 Å². The molecule has 2 aromatic rings. The third kappa shape index (κ3) is 2.95. The molecule has 112 valence electrons. The first kappa shape index (κ1) is 14.1. The van der Waals surface area contributed by atoms with E-state index in [1.807, 2.05) is 42.1 Å². The Labute approximate surface area is 125 Å². The Bertz CT molecular complexity index is 635. The van der Waals surface area contributed by atoms with Crippen LogP contribution in [0.1, 0.15) is 19.3 Å². The van der Waals surface area contributed by atoms with Crippen LogP contribution in [-0.4, -0.2) is 40.2 Å². The molecule has 1 aliphatic carbocycles. The van der Waals surface area contributed by atoms with Crippen LogP contribution in [-0.2, 0) is 11.3 Å². The molecule has 1 fully saturated rings. The molecule has 1 aromatic heterocycles. The predicted molar refractivity (Wildman–Crippen MR) is 82.9 cm³/mol. The van der Waals surface area contributed by atoms with Gasteiger partial charge in [0.15, 0.2) is 0 Å². The van der Waals surface area contributed by atoms with Crippen LogP contribution in [0.25, 0.3) is 10.9 Å². The highest BCUT2D eigenvalue weighted by Crippen LogP contribution is 2.26. The average Bonchev–Trinajstić information content (AvgIpc) is 3.07. The first-order chi connectivity index (χ1) is 10.1. The summed E-state index contributed by atoms with van der Waals surface area (Å²) in [6.07, 6.45) is 4.67. The minimum atomic E-state index is -0.243. The predicted octanol–water partition coefficient (Wildman–Crippen LogP) is 2.26. The van der Waals surface area contributed by atoms with Gasteiger partial charge in [-0.2, -0.15) is 0 Å². The van der Waals surface area contributed by atoms with E-state index in [1.165, 1.54) is 0 Å². The third-order valence-electron chi connectivity index (χ3n) is 4.54. The van der Waals surface area contributed by atoms with Crippen molar-refractivity contribution in [2.45, 2.75) is 31.9 Å².